The van der Waals surface area contributed by atoms with E-state index in [0.717, 1.165) is 24.3 Å². The number of hydrogen-bond acceptors (Lipinski definition) is 1. The van der Waals surface area contributed by atoms with Gasteiger partial charge in [0.05, 0.1) is 0 Å². The number of hydrogen-bond donors (Lipinski definition) is 0. The summed E-state index contributed by atoms with van der Waals surface area (Å²) in [5.74, 6) is -0.195. The van der Waals surface area contributed by atoms with Crippen molar-refractivity contribution in [1.29, 1.82) is 0 Å². The number of ether oxygens (including phenoxy) is 1. The third-order valence-corrected chi connectivity index (χ3v) is 7.20. The van der Waals surface area contributed by atoms with Crippen LogP contribution < -0.4 is 4.74 Å². The second-order valence-corrected chi connectivity index (χ2v) is 9.31. The van der Waals surface area contributed by atoms with Crippen molar-refractivity contribution in [2.75, 3.05) is 6.61 Å². The van der Waals surface area contributed by atoms with E-state index in [4.69, 9.17) is 4.74 Å². The largest absolute Gasteiger partial charge is 0.486 e. The van der Waals surface area contributed by atoms with E-state index in [2.05, 4.69) is 31.2 Å². The highest BCUT2D eigenvalue weighted by Crippen LogP contribution is 2.37. The Morgan fingerprint density at radius 2 is 1.58 bits per heavy atom. The predicted octanol–water partition coefficient (Wildman–Crippen LogP) is 8.54. The molecule has 1 aliphatic rings. The van der Waals surface area contributed by atoms with Gasteiger partial charge in [0.2, 0.25) is 5.82 Å². The molecule has 3 aromatic rings. The molecule has 0 heterocycles. The molecule has 1 fully saturated rings. The van der Waals surface area contributed by atoms with Crippen LogP contribution in [0.2, 0.25) is 0 Å². The van der Waals surface area contributed by atoms with Crippen LogP contribution in [0, 0.1) is 17.6 Å². The second kappa shape index (κ2) is 11.0. The Morgan fingerprint density at radius 3 is 2.27 bits per heavy atom. The van der Waals surface area contributed by atoms with Crippen LogP contribution in [0.25, 0.3) is 10.8 Å². The molecule has 1 nitrogen and oxygen atoms in total. The highest BCUT2D eigenvalue weighted by molar-refractivity contribution is 5.85. The predicted molar refractivity (Wildman–Crippen MR) is 133 cm³/mol. The van der Waals surface area contributed by atoms with Crippen molar-refractivity contribution in [2.45, 2.75) is 64.7 Å². The molecule has 0 spiro atoms. The normalized spacial score (nSPS) is 18.8. The van der Waals surface area contributed by atoms with Gasteiger partial charge in [-0.1, -0.05) is 61.9 Å². The molecule has 1 saturated carbocycles. The quantitative estimate of drug-likeness (QED) is 0.314. The van der Waals surface area contributed by atoms with Crippen LogP contribution in [0.3, 0.4) is 0 Å². The maximum atomic E-state index is 14.7. The summed E-state index contributed by atoms with van der Waals surface area (Å²) in [4.78, 5) is 0. The van der Waals surface area contributed by atoms with Gasteiger partial charge in [-0.2, -0.15) is 4.39 Å². The number of fused-ring (bicyclic) bond motifs is 1. The van der Waals surface area contributed by atoms with Crippen LogP contribution in [0.15, 0.2) is 60.7 Å². The number of aryl methyl sites for hydroxylation is 2. The van der Waals surface area contributed by atoms with Gasteiger partial charge in [0.15, 0.2) is 11.6 Å². The fourth-order valence-corrected chi connectivity index (χ4v) is 4.99. The number of rotatable bonds is 8. The van der Waals surface area contributed by atoms with E-state index < -0.39 is 11.6 Å². The van der Waals surface area contributed by atoms with Gasteiger partial charge in [-0.25, -0.2) is 4.39 Å². The van der Waals surface area contributed by atoms with Crippen LogP contribution in [0.4, 0.5) is 8.78 Å². The lowest BCUT2D eigenvalue weighted by atomic mass is 9.78. The van der Waals surface area contributed by atoms with E-state index in [1.165, 1.54) is 43.2 Å². The zero-order valence-corrected chi connectivity index (χ0v) is 19.7. The van der Waals surface area contributed by atoms with Gasteiger partial charge in [0, 0.05) is 5.39 Å². The first kappa shape index (κ1) is 23.5. The molecule has 0 bridgehead atoms. The molecule has 3 aromatic carbocycles. The summed E-state index contributed by atoms with van der Waals surface area (Å²) in [6, 6.07) is 16.2. The Kier molecular flexibility index (Phi) is 7.80. The number of benzene rings is 3. The minimum Gasteiger partial charge on any atom is -0.486 e. The lowest BCUT2D eigenvalue weighted by Gasteiger charge is -2.28. The second-order valence-electron chi connectivity index (χ2n) is 9.31. The van der Waals surface area contributed by atoms with Crippen molar-refractivity contribution in [1.82, 2.24) is 0 Å². The van der Waals surface area contributed by atoms with E-state index >= 15 is 0 Å². The standard InChI is InChI=1S/C30H34F2O/c1-3-5-18-33-28-20-26-17-12-23(19-27(26)29(31)30(28)32)7-6-22-10-15-25(16-11-22)24-13-8-21(4-2)9-14-24/h3,5,10-12,15-17,19-21,24H,4,6-9,13-14,18H2,1-2H3. The van der Waals surface area contributed by atoms with E-state index in [0.29, 0.717) is 16.7 Å². The van der Waals surface area contributed by atoms with Crippen LogP contribution in [-0.2, 0) is 12.8 Å². The summed E-state index contributed by atoms with van der Waals surface area (Å²) in [5.41, 5.74) is 3.75. The fraction of sp³-hybridized carbons (Fsp3) is 0.400. The van der Waals surface area contributed by atoms with Crippen molar-refractivity contribution < 1.29 is 13.5 Å². The van der Waals surface area contributed by atoms with Crippen LogP contribution in [0.5, 0.6) is 5.75 Å². The first-order chi connectivity index (χ1) is 16.1. The smallest absolute Gasteiger partial charge is 0.201 e. The Labute approximate surface area is 196 Å². The summed E-state index contributed by atoms with van der Waals surface area (Å²) < 4.78 is 34.5. The molecule has 3 heteroatoms. The summed E-state index contributed by atoms with van der Waals surface area (Å²) in [5, 5.41) is 0.955. The van der Waals surface area contributed by atoms with E-state index in [-0.39, 0.29) is 12.4 Å². The van der Waals surface area contributed by atoms with Crippen molar-refractivity contribution >= 4 is 10.8 Å². The summed E-state index contributed by atoms with van der Waals surface area (Å²) in [7, 11) is 0. The SMILES string of the molecule is CC=CCOc1cc2ccc(CCc3ccc(C4CCC(CC)CC4)cc3)cc2c(F)c1F. The van der Waals surface area contributed by atoms with Gasteiger partial charge >= 0.3 is 0 Å². The van der Waals surface area contributed by atoms with E-state index in [1.807, 2.05) is 25.1 Å². The van der Waals surface area contributed by atoms with E-state index in [9.17, 15) is 8.78 Å². The minimum absolute atomic E-state index is 0.0471. The zero-order chi connectivity index (χ0) is 23.2. The summed E-state index contributed by atoms with van der Waals surface area (Å²) in [6.07, 6.45) is 11.9. The number of allylic oxidation sites excluding steroid dienone is 1. The molecule has 0 radical (unpaired) electrons. The molecule has 33 heavy (non-hydrogen) atoms. The monoisotopic (exact) mass is 448 g/mol. The van der Waals surface area contributed by atoms with E-state index in [1.54, 1.807) is 18.2 Å². The molecule has 0 N–H and O–H groups in total. The molecule has 1 aliphatic carbocycles. The van der Waals surface area contributed by atoms with Gasteiger partial charge in [-0.3, -0.25) is 0 Å². The fourth-order valence-electron chi connectivity index (χ4n) is 4.99. The lowest BCUT2D eigenvalue weighted by Crippen LogP contribution is -2.12. The average Bonchev–Trinajstić information content (AvgIpc) is 2.86. The van der Waals surface area contributed by atoms with Crippen molar-refractivity contribution in [3.8, 4) is 5.75 Å². The molecule has 0 aromatic heterocycles. The highest BCUT2D eigenvalue weighted by Gasteiger charge is 2.21. The molecule has 0 atom stereocenters. The Hall–Kier alpha value is -2.68. The molecule has 0 saturated heterocycles. The van der Waals surface area contributed by atoms with Gasteiger partial charge in [-0.05, 0) is 91.5 Å². The molecule has 4 rings (SSSR count). The molecule has 0 aliphatic heterocycles. The van der Waals surface area contributed by atoms with Crippen LogP contribution in [0.1, 0.15) is 68.6 Å². The third-order valence-electron chi connectivity index (χ3n) is 7.20. The molecular weight excluding hydrogens is 414 g/mol. The molecule has 0 amide bonds. The first-order valence-corrected chi connectivity index (χ1v) is 12.3. The molecular formula is C30H34F2O. The third kappa shape index (κ3) is 5.63. The zero-order valence-electron chi connectivity index (χ0n) is 19.7. The average molecular weight is 449 g/mol. The van der Waals surface area contributed by atoms with Gasteiger partial charge in [0.25, 0.3) is 0 Å². The van der Waals surface area contributed by atoms with Crippen molar-refractivity contribution in [3.05, 3.63) is 89.0 Å². The van der Waals surface area contributed by atoms with Crippen molar-refractivity contribution in [2.24, 2.45) is 5.92 Å². The first-order valence-electron chi connectivity index (χ1n) is 12.3. The van der Waals surface area contributed by atoms with Gasteiger partial charge in [0.1, 0.15) is 6.61 Å². The summed E-state index contributed by atoms with van der Waals surface area (Å²) in [6.45, 7) is 4.38. The highest BCUT2D eigenvalue weighted by atomic mass is 19.2. The van der Waals surface area contributed by atoms with Crippen molar-refractivity contribution in [3.63, 3.8) is 0 Å². The Morgan fingerprint density at radius 1 is 0.879 bits per heavy atom. The molecule has 174 valence electrons. The van der Waals surface area contributed by atoms with Crippen LogP contribution >= 0.6 is 0 Å². The Bertz CT molecular complexity index is 1090. The van der Waals surface area contributed by atoms with Gasteiger partial charge in [-0.15, -0.1) is 0 Å². The minimum atomic E-state index is -0.923. The summed E-state index contributed by atoms with van der Waals surface area (Å²) >= 11 is 0. The number of halogens is 2. The topological polar surface area (TPSA) is 9.23 Å². The molecule has 0 unspecified atom stereocenters. The van der Waals surface area contributed by atoms with Crippen LogP contribution in [-0.4, -0.2) is 6.61 Å². The Balaban J connectivity index is 1.41. The maximum Gasteiger partial charge on any atom is 0.201 e. The van der Waals surface area contributed by atoms with Gasteiger partial charge < -0.3 is 4.74 Å². The maximum absolute atomic E-state index is 14.7. The lowest BCUT2D eigenvalue weighted by molar-refractivity contribution is 0.319.